The number of amides is 1. The van der Waals surface area contributed by atoms with E-state index in [4.69, 9.17) is 0 Å². The predicted octanol–water partition coefficient (Wildman–Crippen LogP) is 1.09. The summed E-state index contributed by atoms with van der Waals surface area (Å²) in [5.41, 5.74) is -1.05. The average molecular weight is 467 g/mol. The number of aromatic carboxylic acids is 1. The topological polar surface area (TPSA) is 143 Å². The van der Waals surface area contributed by atoms with E-state index in [2.05, 4.69) is 24.6 Å². The number of halogens is 1. The van der Waals surface area contributed by atoms with Gasteiger partial charge in [0.1, 0.15) is 17.6 Å². The van der Waals surface area contributed by atoms with E-state index in [9.17, 15) is 23.9 Å². The molecule has 5 rings (SSSR count). The number of carboxylic acid groups (broad SMARTS) is 1. The van der Waals surface area contributed by atoms with E-state index in [0.717, 1.165) is 23.8 Å². The van der Waals surface area contributed by atoms with Crippen molar-refractivity contribution < 1.29 is 19.1 Å². The first-order valence-corrected chi connectivity index (χ1v) is 10.4. The molecule has 0 aliphatic carbocycles. The first-order chi connectivity index (χ1) is 15.9. The SMILES string of the molecule is O=C(NC1CN(c2nc3c(cc2F)c(=O)c(C(=O)O)cn3-c2ncns2)C1)c1ccccn1. The molecule has 33 heavy (non-hydrogen) atoms. The van der Waals surface area contributed by atoms with Crippen molar-refractivity contribution in [2.75, 3.05) is 18.0 Å². The third-order valence-electron chi connectivity index (χ3n) is 5.11. The molecule has 11 nitrogen and oxygen atoms in total. The van der Waals surface area contributed by atoms with Crippen LogP contribution >= 0.6 is 11.5 Å². The standard InChI is InChI=1S/C20H14FN7O4S/c21-13-5-11-15(29)12(19(31)32)8-28(20-23-9-24-33-20)16(11)26-17(13)27-6-10(7-27)25-18(30)14-3-1-2-4-22-14/h1-5,8-10H,6-7H2,(H,25,30)(H,31,32). The number of pyridine rings is 3. The Kier molecular flexibility index (Phi) is 5.01. The molecule has 1 aliphatic rings. The molecular formula is C20H14FN7O4S. The van der Waals surface area contributed by atoms with E-state index in [1.165, 1.54) is 17.1 Å². The maximum Gasteiger partial charge on any atom is 0.341 e. The highest BCUT2D eigenvalue weighted by molar-refractivity contribution is 7.08. The fraction of sp³-hybridized carbons (Fsp3) is 0.150. The van der Waals surface area contributed by atoms with Crippen LogP contribution in [0.25, 0.3) is 16.2 Å². The molecule has 4 aromatic rings. The lowest BCUT2D eigenvalue weighted by molar-refractivity contribution is 0.0694. The number of hydrogen-bond acceptors (Lipinski definition) is 9. The minimum atomic E-state index is -1.45. The largest absolute Gasteiger partial charge is 0.477 e. The lowest BCUT2D eigenvalue weighted by atomic mass is 10.1. The Hall–Kier alpha value is -4.26. The van der Waals surface area contributed by atoms with Crippen molar-refractivity contribution in [1.29, 1.82) is 0 Å². The third kappa shape index (κ3) is 3.67. The van der Waals surface area contributed by atoms with Gasteiger partial charge in [0.25, 0.3) is 5.91 Å². The molecule has 1 amide bonds. The van der Waals surface area contributed by atoms with Crippen molar-refractivity contribution in [3.05, 3.63) is 70.3 Å². The number of rotatable bonds is 5. The Morgan fingerprint density at radius 3 is 2.73 bits per heavy atom. The van der Waals surface area contributed by atoms with Crippen LogP contribution in [0.2, 0.25) is 0 Å². The highest BCUT2D eigenvalue weighted by Gasteiger charge is 2.32. The molecule has 0 aromatic carbocycles. The quantitative estimate of drug-likeness (QED) is 0.441. The number of aromatic nitrogens is 5. The molecule has 1 saturated heterocycles. The van der Waals surface area contributed by atoms with E-state index >= 15 is 0 Å². The van der Waals surface area contributed by atoms with Gasteiger partial charge < -0.3 is 15.3 Å². The smallest absolute Gasteiger partial charge is 0.341 e. The summed E-state index contributed by atoms with van der Waals surface area (Å²) in [5, 5.41) is 12.3. The fourth-order valence-corrected chi connectivity index (χ4v) is 4.02. The summed E-state index contributed by atoms with van der Waals surface area (Å²) in [6.07, 6.45) is 3.90. The van der Waals surface area contributed by atoms with Crippen LogP contribution in [0.4, 0.5) is 10.2 Å². The van der Waals surface area contributed by atoms with E-state index in [-0.39, 0.29) is 39.6 Å². The maximum atomic E-state index is 14.9. The molecule has 0 saturated carbocycles. The summed E-state index contributed by atoms with van der Waals surface area (Å²) in [6, 6.07) is 5.74. The van der Waals surface area contributed by atoms with Crippen LogP contribution in [0.5, 0.6) is 0 Å². The second-order valence-electron chi connectivity index (χ2n) is 7.23. The Labute approximate surface area is 188 Å². The van der Waals surface area contributed by atoms with Crippen molar-refractivity contribution in [3.63, 3.8) is 0 Å². The van der Waals surface area contributed by atoms with Crippen LogP contribution in [-0.2, 0) is 0 Å². The van der Waals surface area contributed by atoms with Crippen molar-refractivity contribution in [1.82, 2.24) is 29.2 Å². The van der Waals surface area contributed by atoms with E-state index in [1.807, 2.05) is 0 Å². The lowest BCUT2D eigenvalue weighted by Gasteiger charge is -2.40. The molecule has 5 heterocycles. The predicted molar refractivity (Wildman–Crippen MR) is 115 cm³/mol. The molecule has 0 unspecified atom stereocenters. The summed E-state index contributed by atoms with van der Waals surface area (Å²) in [4.78, 5) is 50.4. The Morgan fingerprint density at radius 2 is 2.06 bits per heavy atom. The van der Waals surface area contributed by atoms with Crippen LogP contribution in [0, 0.1) is 5.82 Å². The zero-order chi connectivity index (χ0) is 23.1. The van der Waals surface area contributed by atoms with Gasteiger partial charge >= 0.3 is 5.97 Å². The zero-order valence-corrected chi connectivity index (χ0v) is 17.5. The van der Waals surface area contributed by atoms with Crippen molar-refractivity contribution >= 4 is 40.3 Å². The Bertz CT molecular complexity index is 1440. The normalized spacial score (nSPS) is 13.7. The summed E-state index contributed by atoms with van der Waals surface area (Å²) in [7, 11) is 0. The molecule has 0 bridgehead atoms. The van der Waals surface area contributed by atoms with Crippen LogP contribution in [-0.4, -0.2) is 60.0 Å². The van der Waals surface area contributed by atoms with Gasteiger partial charge in [0, 0.05) is 37.0 Å². The van der Waals surface area contributed by atoms with Gasteiger partial charge in [0.05, 0.1) is 11.4 Å². The number of fused-ring (bicyclic) bond motifs is 1. The van der Waals surface area contributed by atoms with Gasteiger partial charge in [-0.25, -0.2) is 19.2 Å². The first-order valence-electron chi connectivity index (χ1n) is 9.65. The number of carbonyl (C=O) groups excluding carboxylic acids is 1. The fourth-order valence-electron chi connectivity index (χ4n) is 3.51. The summed E-state index contributed by atoms with van der Waals surface area (Å²) >= 11 is 0.967. The van der Waals surface area contributed by atoms with Gasteiger partial charge in [-0.1, -0.05) is 6.07 Å². The highest BCUT2D eigenvalue weighted by Crippen LogP contribution is 2.26. The van der Waals surface area contributed by atoms with E-state index in [0.29, 0.717) is 13.1 Å². The first kappa shape index (κ1) is 20.6. The van der Waals surface area contributed by atoms with E-state index in [1.54, 1.807) is 23.1 Å². The van der Waals surface area contributed by atoms with Crippen molar-refractivity contribution in [3.8, 4) is 5.13 Å². The number of carboxylic acids is 1. The molecule has 0 atom stereocenters. The van der Waals surface area contributed by atoms with Gasteiger partial charge in [0.2, 0.25) is 10.6 Å². The number of hydrogen-bond donors (Lipinski definition) is 2. The summed E-state index contributed by atoms with van der Waals surface area (Å²) in [6.45, 7) is 0.592. The molecule has 0 spiro atoms. The Morgan fingerprint density at radius 1 is 1.24 bits per heavy atom. The number of anilines is 1. The number of carbonyl (C=O) groups is 2. The number of nitrogens with one attached hydrogen (secondary N) is 1. The van der Waals surface area contributed by atoms with Gasteiger partial charge in [-0.05, 0) is 18.2 Å². The van der Waals surface area contributed by atoms with Crippen LogP contribution in [0.15, 0.2) is 47.8 Å². The van der Waals surface area contributed by atoms with Crippen LogP contribution in [0.1, 0.15) is 20.8 Å². The van der Waals surface area contributed by atoms with E-state index < -0.39 is 22.8 Å². The molecule has 13 heteroatoms. The van der Waals surface area contributed by atoms with Gasteiger partial charge in [-0.15, -0.1) is 0 Å². The van der Waals surface area contributed by atoms with Crippen LogP contribution in [0.3, 0.4) is 0 Å². The maximum absolute atomic E-state index is 14.9. The average Bonchev–Trinajstić information content (AvgIpc) is 3.31. The molecule has 1 fully saturated rings. The molecule has 4 aromatic heterocycles. The van der Waals surface area contributed by atoms with Crippen molar-refractivity contribution in [2.24, 2.45) is 0 Å². The minimum Gasteiger partial charge on any atom is -0.477 e. The second-order valence-corrected chi connectivity index (χ2v) is 7.98. The minimum absolute atomic E-state index is 0.0217. The molecule has 166 valence electrons. The highest BCUT2D eigenvalue weighted by atomic mass is 32.1. The molecule has 2 N–H and O–H groups in total. The Balaban J connectivity index is 1.47. The van der Waals surface area contributed by atoms with Gasteiger partial charge in [-0.2, -0.15) is 4.37 Å². The zero-order valence-electron chi connectivity index (χ0n) is 16.7. The van der Waals surface area contributed by atoms with Gasteiger partial charge in [0.15, 0.2) is 17.3 Å². The number of nitrogens with zero attached hydrogens (tertiary/aromatic N) is 6. The summed E-state index contributed by atoms with van der Waals surface area (Å²) < 4.78 is 20.1. The second kappa shape index (κ2) is 8.02. The van der Waals surface area contributed by atoms with Crippen LogP contribution < -0.4 is 15.6 Å². The lowest BCUT2D eigenvalue weighted by Crippen LogP contribution is -2.60. The van der Waals surface area contributed by atoms with Gasteiger partial charge in [-0.3, -0.25) is 19.1 Å². The van der Waals surface area contributed by atoms with Crippen molar-refractivity contribution in [2.45, 2.75) is 6.04 Å². The third-order valence-corrected chi connectivity index (χ3v) is 5.78. The molecule has 1 aliphatic heterocycles. The molecule has 0 radical (unpaired) electrons. The molecular weight excluding hydrogens is 453 g/mol. The monoisotopic (exact) mass is 467 g/mol. The summed E-state index contributed by atoms with van der Waals surface area (Å²) in [5.74, 6) is -2.58.